The average Bonchev–Trinajstić information content (AvgIpc) is 3.12. The highest BCUT2D eigenvalue weighted by atomic mass is 16.5. The molecular weight excluding hydrogens is 378 g/mol. The molecule has 7 nitrogen and oxygen atoms in total. The second-order valence-electron chi connectivity index (χ2n) is 7.39. The number of aliphatic hydroxyl groups is 1. The number of fused-ring (bicyclic) bond motifs is 3. The standard InChI is InChI=1S/C23H27N5O2/c1-2-30-14-20-27-21-22(17-10-6-7-11-19(17)26-23(21)25)28(20)13-16(29)12-18(24)15-8-4-3-5-9-15/h3-11,16,18,29H,2,12-14,24H2,1H3,(H2,25,26). The highest BCUT2D eigenvalue weighted by molar-refractivity contribution is 6.06. The van der Waals surface area contributed by atoms with Crippen LogP contribution in [0.5, 0.6) is 0 Å². The molecule has 0 aliphatic heterocycles. The third-order valence-electron chi connectivity index (χ3n) is 5.27. The largest absolute Gasteiger partial charge is 0.391 e. The molecule has 0 fully saturated rings. The molecule has 2 heterocycles. The number of nitrogen functional groups attached to an aromatic ring is 1. The van der Waals surface area contributed by atoms with Crippen molar-refractivity contribution in [2.45, 2.75) is 38.6 Å². The van der Waals surface area contributed by atoms with Gasteiger partial charge in [-0.05, 0) is 25.0 Å². The van der Waals surface area contributed by atoms with E-state index in [9.17, 15) is 5.11 Å². The number of pyridine rings is 1. The molecule has 0 spiro atoms. The minimum atomic E-state index is -0.661. The Morgan fingerprint density at radius 2 is 1.80 bits per heavy atom. The van der Waals surface area contributed by atoms with Crippen LogP contribution >= 0.6 is 0 Å². The smallest absolute Gasteiger partial charge is 0.152 e. The van der Waals surface area contributed by atoms with E-state index < -0.39 is 6.10 Å². The summed E-state index contributed by atoms with van der Waals surface area (Å²) < 4.78 is 7.62. The van der Waals surface area contributed by atoms with E-state index in [0.29, 0.717) is 43.3 Å². The summed E-state index contributed by atoms with van der Waals surface area (Å²) in [5.74, 6) is 1.08. The molecule has 2 aromatic carbocycles. The van der Waals surface area contributed by atoms with Gasteiger partial charge in [-0.2, -0.15) is 0 Å². The lowest BCUT2D eigenvalue weighted by molar-refractivity contribution is 0.114. The molecule has 7 heteroatoms. The first-order valence-corrected chi connectivity index (χ1v) is 10.2. The van der Waals surface area contributed by atoms with Gasteiger partial charge in [-0.25, -0.2) is 9.97 Å². The van der Waals surface area contributed by atoms with Crippen LogP contribution in [0.25, 0.3) is 21.9 Å². The number of aromatic nitrogens is 3. The van der Waals surface area contributed by atoms with Crippen LogP contribution in [-0.4, -0.2) is 32.4 Å². The van der Waals surface area contributed by atoms with E-state index in [0.717, 1.165) is 22.0 Å². The molecule has 2 aromatic heterocycles. The van der Waals surface area contributed by atoms with E-state index in [2.05, 4.69) is 4.98 Å². The molecule has 4 aromatic rings. The van der Waals surface area contributed by atoms with E-state index in [-0.39, 0.29) is 6.04 Å². The molecule has 0 amide bonds. The quantitative estimate of drug-likeness (QED) is 0.415. The molecule has 0 aliphatic rings. The number of aliphatic hydroxyl groups excluding tert-OH is 1. The van der Waals surface area contributed by atoms with Gasteiger partial charge in [0.1, 0.15) is 17.9 Å². The lowest BCUT2D eigenvalue weighted by Crippen LogP contribution is -2.24. The van der Waals surface area contributed by atoms with Crippen molar-refractivity contribution in [3.8, 4) is 0 Å². The molecule has 5 N–H and O–H groups in total. The molecular formula is C23H27N5O2. The van der Waals surface area contributed by atoms with Gasteiger partial charge in [0, 0.05) is 18.0 Å². The maximum atomic E-state index is 10.9. The molecule has 2 unspecified atom stereocenters. The number of imidazole rings is 1. The van der Waals surface area contributed by atoms with E-state index in [4.69, 9.17) is 21.2 Å². The third kappa shape index (κ3) is 4.00. The summed E-state index contributed by atoms with van der Waals surface area (Å²) in [7, 11) is 0. The van der Waals surface area contributed by atoms with E-state index in [1.807, 2.05) is 66.1 Å². The van der Waals surface area contributed by atoms with Crippen molar-refractivity contribution >= 4 is 27.8 Å². The van der Waals surface area contributed by atoms with Gasteiger partial charge in [-0.3, -0.25) is 0 Å². The topological polar surface area (TPSA) is 112 Å². The van der Waals surface area contributed by atoms with Gasteiger partial charge in [-0.15, -0.1) is 0 Å². The second kappa shape index (κ2) is 8.79. The van der Waals surface area contributed by atoms with Crippen LogP contribution < -0.4 is 11.5 Å². The van der Waals surface area contributed by atoms with E-state index in [1.54, 1.807) is 0 Å². The molecule has 0 radical (unpaired) electrons. The summed E-state index contributed by atoms with van der Waals surface area (Å²) >= 11 is 0. The molecule has 30 heavy (non-hydrogen) atoms. The average molecular weight is 406 g/mol. The lowest BCUT2D eigenvalue weighted by Gasteiger charge is -2.19. The van der Waals surface area contributed by atoms with Gasteiger partial charge in [0.15, 0.2) is 5.82 Å². The molecule has 156 valence electrons. The molecule has 0 saturated carbocycles. The summed E-state index contributed by atoms with van der Waals surface area (Å²) in [6.45, 7) is 3.18. The number of nitrogens with zero attached hydrogens (tertiary/aromatic N) is 3. The number of hydrogen-bond donors (Lipinski definition) is 3. The normalized spacial score (nSPS) is 13.7. The Labute approximate surface area is 175 Å². The Morgan fingerprint density at radius 3 is 2.57 bits per heavy atom. The van der Waals surface area contributed by atoms with Crippen LogP contribution in [0, 0.1) is 0 Å². The van der Waals surface area contributed by atoms with Crippen LogP contribution in [0.1, 0.15) is 30.8 Å². The monoisotopic (exact) mass is 405 g/mol. The Morgan fingerprint density at radius 1 is 1.07 bits per heavy atom. The van der Waals surface area contributed by atoms with Crippen molar-refractivity contribution in [3.05, 3.63) is 66.0 Å². The van der Waals surface area contributed by atoms with E-state index >= 15 is 0 Å². The fraction of sp³-hybridized carbons (Fsp3) is 0.304. The van der Waals surface area contributed by atoms with Gasteiger partial charge >= 0.3 is 0 Å². The fourth-order valence-electron chi connectivity index (χ4n) is 3.82. The van der Waals surface area contributed by atoms with Crippen molar-refractivity contribution in [1.29, 1.82) is 0 Å². The van der Waals surface area contributed by atoms with Crippen molar-refractivity contribution < 1.29 is 9.84 Å². The van der Waals surface area contributed by atoms with Crippen LogP contribution in [0.4, 0.5) is 5.82 Å². The highest BCUT2D eigenvalue weighted by Crippen LogP contribution is 2.30. The van der Waals surface area contributed by atoms with Crippen LogP contribution in [0.2, 0.25) is 0 Å². The first-order valence-electron chi connectivity index (χ1n) is 10.2. The SMILES string of the molecule is CCOCc1nc2c(N)nc3ccccc3c2n1CC(O)CC(N)c1ccccc1. The molecule has 0 bridgehead atoms. The van der Waals surface area contributed by atoms with Crippen molar-refractivity contribution in [3.63, 3.8) is 0 Å². The Kier molecular flexibility index (Phi) is 5.94. The zero-order valence-electron chi connectivity index (χ0n) is 17.0. The number of rotatable bonds is 8. The Balaban J connectivity index is 1.72. The number of ether oxygens (including phenoxy) is 1. The predicted octanol–water partition coefficient (Wildman–Crippen LogP) is 3.15. The number of nitrogens with two attached hydrogens (primary N) is 2. The summed E-state index contributed by atoms with van der Waals surface area (Å²) in [5.41, 5.74) is 15.8. The van der Waals surface area contributed by atoms with Crippen LogP contribution in [0.3, 0.4) is 0 Å². The lowest BCUT2D eigenvalue weighted by atomic mass is 10.0. The number of anilines is 1. The van der Waals surface area contributed by atoms with Crippen molar-refractivity contribution in [2.24, 2.45) is 5.73 Å². The molecule has 0 aliphatic carbocycles. The van der Waals surface area contributed by atoms with Crippen molar-refractivity contribution in [2.75, 3.05) is 12.3 Å². The van der Waals surface area contributed by atoms with Crippen LogP contribution in [-0.2, 0) is 17.9 Å². The maximum absolute atomic E-state index is 10.9. The number of hydrogen-bond acceptors (Lipinski definition) is 6. The van der Waals surface area contributed by atoms with Gasteiger partial charge in [-0.1, -0.05) is 48.5 Å². The van der Waals surface area contributed by atoms with Gasteiger partial charge < -0.3 is 25.9 Å². The molecule has 0 saturated heterocycles. The maximum Gasteiger partial charge on any atom is 0.152 e. The first-order chi connectivity index (χ1) is 14.6. The van der Waals surface area contributed by atoms with Gasteiger partial charge in [0.2, 0.25) is 0 Å². The third-order valence-corrected chi connectivity index (χ3v) is 5.27. The van der Waals surface area contributed by atoms with Gasteiger partial charge in [0.05, 0.1) is 23.7 Å². The number of benzene rings is 2. The Hall–Kier alpha value is -3.00. The number of para-hydroxylation sites is 1. The van der Waals surface area contributed by atoms with Crippen LogP contribution in [0.15, 0.2) is 54.6 Å². The zero-order chi connectivity index (χ0) is 21.1. The first kappa shape index (κ1) is 20.3. The zero-order valence-corrected chi connectivity index (χ0v) is 17.0. The fourth-order valence-corrected chi connectivity index (χ4v) is 3.82. The predicted molar refractivity (Wildman–Crippen MR) is 119 cm³/mol. The minimum absolute atomic E-state index is 0.255. The summed E-state index contributed by atoms with van der Waals surface area (Å²) in [4.78, 5) is 9.18. The highest BCUT2D eigenvalue weighted by Gasteiger charge is 2.21. The van der Waals surface area contributed by atoms with Crippen molar-refractivity contribution in [1.82, 2.24) is 14.5 Å². The summed E-state index contributed by atoms with van der Waals surface area (Å²) in [5, 5.41) is 11.8. The molecule has 2 atom stereocenters. The second-order valence-corrected chi connectivity index (χ2v) is 7.39. The summed E-state index contributed by atoms with van der Waals surface area (Å²) in [6, 6.07) is 17.4. The summed E-state index contributed by atoms with van der Waals surface area (Å²) in [6.07, 6.45) is -0.234. The minimum Gasteiger partial charge on any atom is -0.391 e. The van der Waals surface area contributed by atoms with Gasteiger partial charge in [0.25, 0.3) is 0 Å². The van der Waals surface area contributed by atoms with E-state index in [1.165, 1.54) is 0 Å². The Bertz CT molecular complexity index is 1140. The molecule has 4 rings (SSSR count).